The minimum Gasteiger partial charge on any atom is -0.488 e. The summed E-state index contributed by atoms with van der Waals surface area (Å²) >= 11 is 3.22. The zero-order chi connectivity index (χ0) is 12.0. The molecule has 0 saturated heterocycles. The standard InChI is InChI=1S/C13H18BrFO/c1-3-4-5-6-10(2)16-13-8-7-11(14)9-12(13)15/h7-10H,3-6H2,1-2H3. The van der Waals surface area contributed by atoms with Gasteiger partial charge in [-0.3, -0.25) is 0 Å². The smallest absolute Gasteiger partial charge is 0.166 e. The Hall–Kier alpha value is -0.570. The summed E-state index contributed by atoms with van der Waals surface area (Å²) in [5.41, 5.74) is 0. The summed E-state index contributed by atoms with van der Waals surface area (Å²) in [6.07, 6.45) is 4.58. The van der Waals surface area contributed by atoms with Crippen LogP contribution in [0.1, 0.15) is 39.5 Å². The lowest BCUT2D eigenvalue weighted by molar-refractivity contribution is 0.198. The van der Waals surface area contributed by atoms with E-state index < -0.39 is 0 Å². The van der Waals surface area contributed by atoms with Crippen LogP contribution in [0.15, 0.2) is 22.7 Å². The van der Waals surface area contributed by atoms with Crippen LogP contribution in [0.25, 0.3) is 0 Å². The van der Waals surface area contributed by atoms with Crippen LogP contribution in [0.4, 0.5) is 4.39 Å². The minimum atomic E-state index is -0.309. The Morgan fingerprint density at radius 2 is 2.12 bits per heavy atom. The lowest BCUT2D eigenvalue weighted by Crippen LogP contribution is -2.12. The first-order chi connectivity index (χ1) is 7.63. The van der Waals surface area contributed by atoms with Gasteiger partial charge in [-0.2, -0.15) is 0 Å². The fraction of sp³-hybridized carbons (Fsp3) is 0.538. The van der Waals surface area contributed by atoms with E-state index in [2.05, 4.69) is 22.9 Å². The molecule has 1 aromatic rings. The van der Waals surface area contributed by atoms with E-state index in [0.717, 1.165) is 17.3 Å². The van der Waals surface area contributed by atoms with Gasteiger partial charge < -0.3 is 4.74 Å². The van der Waals surface area contributed by atoms with E-state index in [1.54, 1.807) is 12.1 Å². The van der Waals surface area contributed by atoms with Gasteiger partial charge in [-0.05, 0) is 38.0 Å². The van der Waals surface area contributed by atoms with E-state index in [4.69, 9.17) is 4.74 Å². The zero-order valence-electron chi connectivity index (χ0n) is 9.80. The topological polar surface area (TPSA) is 9.23 Å². The molecule has 0 saturated carbocycles. The van der Waals surface area contributed by atoms with Crippen molar-refractivity contribution >= 4 is 15.9 Å². The van der Waals surface area contributed by atoms with Gasteiger partial charge in [0, 0.05) is 4.47 Å². The quantitative estimate of drug-likeness (QED) is 0.674. The molecule has 0 aliphatic heterocycles. The van der Waals surface area contributed by atoms with Crippen LogP contribution in [0.2, 0.25) is 0 Å². The summed E-state index contributed by atoms with van der Waals surface area (Å²) in [7, 11) is 0. The molecule has 1 atom stereocenters. The molecular formula is C13H18BrFO. The van der Waals surface area contributed by atoms with Crippen molar-refractivity contribution in [3.05, 3.63) is 28.5 Å². The van der Waals surface area contributed by atoms with Crippen LogP contribution in [0, 0.1) is 5.82 Å². The van der Waals surface area contributed by atoms with Crippen molar-refractivity contribution in [1.82, 2.24) is 0 Å². The highest BCUT2D eigenvalue weighted by atomic mass is 79.9. The predicted molar refractivity (Wildman–Crippen MR) is 68.3 cm³/mol. The van der Waals surface area contributed by atoms with E-state index in [1.165, 1.54) is 18.9 Å². The summed E-state index contributed by atoms with van der Waals surface area (Å²) in [6.45, 7) is 4.15. The molecule has 0 bridgehead atoms. The van der Waals surface area contributed by atoms with Gasteiger partial charge in [0.25, 0.3) is 0 Å². The molecule has 1 unspecified atom stereocenters. The first-order valence-corrected chi connectivity index (χ1v) is 6.54. The van der Waals surface area contributed by atoms with Gasteiger partial charge >= 0.3 is 0 Å². The van der Waals surface area contributed by atoms with Gasteiger partial charge in [-0.25, -0.2) is 4.39 Å². The summed E-state index contributed by atoms with van der Waals surface area (Å²) in [6, 6.07) is 4.88. The minimum absolute atomic E-state index is 0.0715. The molecule has 0 aliphatic rings. The van der Waals surface area contributed by atoms with Gasteiger partial charge in [0.2, 0.25) is 0 Å². The van der Waals surface area contributed by atoms with E-state index in [9.17, 15) is 4.39 Å². The van der Waals surface area contributed by atoms with Gasteiger partial charge in [0.15, 0.2) is 11.6 Å². The largest absolute Gasteiger partial charge is 0.488 e. The highest BCUT2D eigenvalue weighted by Gasteiger charge is 2.08. The second kappa shape index (κ2) is 6.89. The number of benzene rings is 1. The van der Waals surface area contributed by atoms with Crippen molar-refractivity contribution in [3.8, 4) is 5.75 Å². The van der Waals surface area contributed by atoms with Crippen LogP contribution >= 0.6 is 15.9 Å². The molecule has 0 aromatic heterocycles. The summed E-state index contributed by atoms with van der Waals surface area (Å²) in [4.78, 5) is 0. The van der Waals surface area contributed by atoms with E-state index >= 15 is 0 Å². The predicted octanol–water partition coefficient (Wildman–Crippen LogP) is 4.94. The fourth-order valence-electron chi connectivity index (χ4n) is 1.53. The molecule has 3 heteroatoms. The molecule has 1 aromatic carbocycles. The SMILES string of the molecule is CCCCCC(C)Oc1ccc(Br)cc1F. The van der Waals surface area contributed by atoms with Crippen molar-refractivity contribution in [3.63, 3.8) is 0 Å². The first-order valence-electron chi connectivity index (χ1n) is 5.75. The molecule has 0 aliphatic carbocycles. The van der Waals surface area contributed by atoms with Crippen LogP contribution < -0.4 is 4.74 Å². The summed E-state index contributed by atoms with van der Waals surface area (Å²) in [5, 5.41) is 0. The highest BCUT2D eigenvalue weighted by Crippen LogP contribution is 2.23. The monoisotopic (exact) mass is 288 g/mol. The van der Waals surface area contributed by atoms with E-state index in [0.29, 0.717) is 5.75 Å². The third-order valence-electron chi connectivity index (χ3n) is 2.44. The molecule has 0 amide bonds. The maximum absolute atomic E-state index is 13.4. The molecule has 1 rings (SSSR count). The zero-order valence-corrected chi connectivity index (χ0v) is 11.4. The normalized spacial score (nSPS) is 12.5. The van der Waals surface area contributed by atoms with E-state index in [-0.39, 0.29) is 11.9 Å². The molecule has 0 radical (unpaired) electrons. The van der Waals surface area contributed by atoms with Gasteiger partial charge in [0.05, 0.1) is 6.10 Å². The van der Waals surface area contributed by atoms with Crippen LogP contribution in [0.3, 0.4) is 0 Å². The van der Waals surface area contributed by atoms with Crippen molar-refractivity contribution in [2.45, 2.75) is 45.6 Å². The molecule has 90 valence electrons. The first kappa shape index (κ1) is 13.5. The number of hydrogen-bond acceptors (Lipinski definition) is 1. The Labute approximate surface area is 105 Å². The molecule has 16 heavy (non-hydrogen) atoms. The third-order valence-corrected chi connectivity index (χ3v) is 2.93. The molecule has 1 nitrogen and oxygen atoms in total. The van der Waals surface area contributed by atoms with Gasteiger partial charge in [-0.15, -0.1) is 0 Å². The van der Waals surface area contributed by atoms with Crippen molar-refractivity contribution < 1.29 is 9.13 Å². The number of ether oxygens (including phenoxy) is 1. The Kier molecular flexibility index (Phi) is 5.81. The van der Waals surface area contributed by atoms with Gasteiger partial charge in [-0.1, -0.05) is 35.7 Å². The molecule has 0 heterocycles. The van der Waals surface area contributed by atoms with Crippen molar-refractivity contribution in [2.75, 3.05) is 0 Å². The lowest BCUT2D eigenvalue weighted by atomic mass is 10.1. The molecule has 0 spiro atoms. The van der Waals surface area contributed by atoms with Crippen LogP contribution in [0.5, 0.6) is 5.75 Å². The number of unbranched alkanes of at least 4 members (excludes halogenated alkanes) is 2. The number of hydrogen-bond donors (Lipinski definition) is 0. The average Bonchev–Trinajstić information content (AvgIpc) is 2.23. The van der Waals surface area contributed by atoms with Crippen LogP contribution in [-0.2, 0) is 0 Å². The maximum atomic E-state index is 13.4. The number of rotatable bonds is 6. The Morgan fingerprint density at radius 3 is 2.75 bits per heavy atom. The Bertz CT molecular complexity index is 328. The summed E-state index contributed by atoms with van der Waals surface area (Å²) < 4.78 is 19.7. The Balaban J connectivity index is 2.46. The highest BCUT2D eigenvalue weighted by molar-refractivity contribution is 9.10. The van der Waals surface area contributed by atoms with E-state index in [1.807, 2.05) is 6.92 Å². The Morgan fingerprint density at radius 1 is 1.38 bits per heavy atom. The molecule has 0 fully saturated rings. The van der Waals surface area contributed by atoms with Crippen molar-refractivity contribution in [2.24, 2.45) is 0 Å². The lowest BCUT2D eigenvalue weighted by Gasteiger charge is -2.15. The average molecular weight is 289 g/mol. The van der Waals surface area contributed by atoms with Crippen LogP contribution in [-0.4, -0.2) is 6.10 Å². The molecule has 0 N–H and O–H groups in total. The number of halogens is 2. The van der Waals surface area contributed by atoms with Gasteiger partial charge in [0.1, 0.15) is 0 Å². The summed E-state index contributed by atoms with van der Waals surface area (Å²) in [5.74, 6) is 0.0314. The maximum Gasteiger partial charge on any atom is 0.166 e. The second-order valence-corrected chi connectivity index (χ2v) is 4.91. The van der Waals surface area contributed by atoms with Crippen molar-refractivity contribution in [1.29, 1.82) is 0 Å². The second-order valence-electron chi connectivity index (χ2n) is 4.00. The fourth-order valence-corrected chi connectivity index (χ4v) is 1.86. The molecular weight excluding hydrogens is 271 g/mol. The third kappa shape index (κ3) is 4.52.